The van der Waals surface area contributed by atoms with Gasteiger partial charge in [0.05, 0.1) is 14.8 Å². The summed E-state index contributed by atoms with van der Waals surface area (Å²) < 4.78 is 0.194. The number of fused-ring (bicyclic) bond motifs is 1. The normalized spacial score (nSPS) is 35.5. The third kappa shape index (κ3) is 1.83. The van der Waals surface area contributed by atoms with Crippen LogP contribution in [-0.2, 0) is 4.79 Å². The number of nitrogens with zero attached hydrogens (tertiary/aromatic N) is 1. The van der Waals surface area contributed by atoms with Crippen LogP contribution in [0.4, 0.5) is 5.13 Å². The number of carbonyl (C=O) groups is 1. The van der Waals surface area contributed by atoms with Crippen LogP contribution in [0.25, 0.3) is 0 Å². The zero-order valence-electron chi connectivity index (χ0n) is 13.0. The molecule has 3 nitrogen and oxygen atoms in total. The van der Waals surface area contributed by atoms with E-state index in [9.17, 15) is 4.79 Å². The van der Waals surface area contributed by atoms with E-state index in [1.54, 1.807) is 11.3 Å². The summed E-state index contributed by atoms with van der Waals surface area (Å²) in [5.41, 5.74) is 0.583. The van der Waals surface area contributed by atoms with Crippen LogP contribution in [0.3, 0.4) is 0 Å². The molecule has 1 aromatic rings. The maximum atomic E-state index is 13.1. The van der Waals surface area contributed by atoms with Gasteiger partial charge in [0.15, 0.2) is 5.13 Å². The van der Waals surface area contributed by atoms with E-state index < -0.39 is 0 Å². The number of hydrogen-bond acceptors (Lipinski definition) is 3. The molecule has 0 aromatic carbocycles. The first-order chi connectivity index (χ1) is 10.1. The Labute approximate surface area is 160 Å². The molecule has 0 aliphatic heterocycles. The quantitative estimate of drug-likeness (QED) is 0.550. The molecule has 122 valence electrons. The Hall–Kier alpha value is 0.540. The van der Waals surface area contributed by atoms with Crippen molar-refractivity contribution >= 4 is 70.2 Å². The number of aryl methyl sites for hydroxylation is 2. The smallest absolute Gasteiger partial charge is 0.234 e. The Bertz CT molecular complexity index is 625. The number of thiazole rings is 1. The molecule has 0 spiro atoms. The van der Waals surface area contributed by atoms with E-state index in [-0.39, 0.29) is 30.7 Å². The summed E-state index contributed by atoms with van der Waals surface area (Å²) in [6.45, 7) is 8.43. The number of nitrogens with one attached hydrogen (secondary N) is 1. The molecule has 1 amide bonds. The molecule has 22 heavy (non-hydrogen) atoms. The highest BCUT2D eigenvalue weighted by Crippen LogP contribution is 2.82. The molecule has 0 saturated heterocycles. The fourth-order valence-electron chi connectivity index (χ4n) is 4.43. The van der Waals surface area contributed by atoms with E-state index in [4.69, 9.17) is 0 Å². The van der Waals surface area contributed by atoms with Crippen molar-refractivity contribution in [3.63, 3.8) is 0 Å². The lowest BCUT2D eigenvalue weighted by Crippen LogP contribution is -2.71. The summed E-state index contributed by atoms with van der Waals surface area (Å²) in [5, 5.41) is 3.79. The van der Waals surface area contributed by atoms with Crippen LogP contribution in [0.5, 0.6) is 0 Å². The molecule has 7 heteroatoms. The number of alkyl halides is 3. The van der Waals surface area contributed by atoms with Gasteiger partial charge in [-0.2, -0.15) is 0 Å². The Morgan fingerprint density at radius 2 is 2.00 bits per heavy atom. The Kier molecular flexibility index (Phi) is 4.16. The Morgan fingerprint density at radius 1 is 1.36 bits per heavy atom. The molecule has 2 bridgehead atoms. The lowest BCUT2D eigenvalue weighted by Gasteiger charge is -2.66. The zero-order chi connectivity index (χ0) is 16.5. The molecule has 1 N–H and O–H groups in total. The number of rotatable bonds is 3. The minimum absolute atomic E-state index is 0.0546. The Morgan fingerprint density at radius 3 is 2.41 bits per heavy atom. The standard InChI is InChI=1S/C15H19Br3N2OS/c1-7-8(2)22-12(19-7)20-11(21)15-6-5-14(9(15)16,10(17)18)13(15,3)4/h9-10H,5-6H2,1-4H3,(H,19,20,21). The third-order valence-electron chi connectivity index (χ3n) is 6.14. The topological polar surface area (TPSA) is 42.0 Å². The van der Waals surface area contributed by atoms with Gasteiger partial charge in [0.1, 0.15) is 0 Å². The highest BCUT2D eigenvalue weighted by molar-refractivity contribution is 9.24. The van der Waals surface area contributed by atoms with Crippen molar-refractivity contribution < 1.29 is 4.79 Å². The number of carbonyl (C=O) groups excluding carboxylic acids is 1. The highest BCUT2D eigenvalue weighted by Gasteiger charge is 2.83. The molecular weight excluding hydrogens is 496 g/mol. The number of anilines is 1. The van der Waals surface area contributed by atoms with Crippen molar-refractivity contribution in [2.45, 2.75) is 49.1 Å². The highest BCUT2D eigenvalue weighted by atomic mass is 79.9. The SMILES string of the molecule is Cc1nc(NC(=O)C23CCC(C(Br)Br)(C2Br)C3(C)C)sc1C. The van der Waals surface area contributed by atoms with Crippen LogP contribution in [0.2, 0.25) is 0 Å². The summed E-state index contributed by atoms with van der Waals surface area (Å²) in [4.78, 5) is 18.8. The van der Waals surface area contributed by atoms with E-state index in [0.717, 1.165) is 23.4 Å². The van der Waals surface area contributed by atoms with Crippen LogP contribution in [0.1, 0.15) is 37.3 Å². The number of aromatic nitrogens is 1. The monoisotopic (exact) mass is 512 g/mol. The molecule has 1 heterocycles. The fraction of sp³-hybridized carbons (Fsp3) is 0.733. The molecule has 0 radical (unpaired) electrons. The molecular formula is C15H19Br3N2OS. The summed E-state index contributed by atoms with van der Waals surface area (Å²) in [6, 6.07) is 0. The van der Waals surface area contributed by atoms with Gasteiger partial charge in [-0.25, -0.2) is 4.98 Å². The summed E-state index contributed by atoms with van der Waals surface area (Å²) in [6.07, 6.45) is 1.93. The number of halogens is 3. The van der Waals surface area contributed by atoms with Gasteiger partial charge in [0, 0.05) is 15.1 Å². The van der Waals surface area contributed by atoms with Gasteiger partial charge in [-0.1, -0.05) is 61.6 Å². The van der Waals surface area contributed by atoms with Crippen LogP contribution in [0, 0.1) is 30.1 Å². The van der Waals surface area contributed by atoms with E-state index in [1.165, 1.54) is 0 Å². The lowest BCUT2D eigenvalue weighted by atomic mass is 9.43. The first-order valence-electron chi connectivity index (χ1n) is 7.29. The van der Waals surface area contributed by atoms with E-state index in [1.807, 2.05) is 13.8 Å². The zero-order valence-corrected chi connectivity index (χ0v) is 18.5. The van der Waals surface area contributed by atoms with Crippen molar-refractivity contribution in [2.24, 2.45) is 16.2 Å². The van der Waals surface area contributed by atoms with Crippen LogP contribution >= 0.6 is 59.1 Å². The van der Waals surface area contributed by atoms with Gasteiger partial charge in [0.25, 0.3) is 0 Å². The summed E-state index contributed by atoms with van der Waals surface area (Å²) in [7, 11) is 0. The van der Waals surface area contributed by atoms with E-state index in [2.05, 4.69) is 71.9 Å². The van der Waals surface area contributed by atoms with Gasteiger partial charge in [0.2, 0.25) is 5.91 Å². The first-order valence-corrected chi connectivity index (χ1v) is 10.9. The minimum atomic E-state index is -0.375. The molecule has 3 saturated carbocycles. The summed E-state index contributed by atoms with van der Waals surface area (Å²) in [5.74, 6) is 0.0990. The second-order valence-corrected chi connectivity index (χ2v) is 12.1. The first kappa shape index (κ1) is 17.4. The van der Waals surface area contributed by atoms with E-state index >= 15 is 0 Å². The van der Waals surface area contributed by atoms with Crippen molar-refractivity contribution in [2.75, 3.05) is 5.32 Å². The Balaban J connectivity index is 1.90. The molecule has 3 unspecified atom stereocenters. The number of hydrogen-bond donors (Lipinski definition) is 1. The molecule has 1 aromatic heterocycles. The van der Waals surface area contributed by atoms with Crippen molar-refractivity contribution in [3.05, 3.63) is 10.6 Å². The van der Waals surface area contributed by atoms with Crippen molar-refractivity contribution in [1.29, 1.82) is 0 Å². The predicted molar refractivity (Wildman–Crippen MR) is 102 cm³/mol. The summed E-state index contributed by atoms with van der Waals surface area (Å²) >= 11 is 12.8. The molecule has 3 aliphatic rings. The predicted octanol–water partition coefficient (Wildman–Crippen LogP) is 5.38. The van der Waals surface area contributed by atoms with Crippen molar-refractivity contribution in [3.8, 4) is 0 Å². The van der Waals surface area contributed by atoms with E-state index in [0.29, 0.717) is 5.13 Å². The van der Waals surface area contributed by atoms with Gasteiger partial charge >= 0.3 is 0 Å². The van der Waals surface area contributed by atoms with Gasteiger partial charge in [-0.05, 0) is 32.1 Å². The van der Waals surface area contributed by atoms with Gasteiger partial charge < -0.3 is 5.32 Å². The second-order valence-electron chi connectivity index (χ2n) is 6.91. The average molecular weight is 515 g/mol. The van der Waals surface area contributed by atoms with Gasteiger partial charge in [-0.15, -0.1) is 11.3 Å². The average Bonchev–Trinajstić information content (AvgIpc) is 2.98. The van der Waals surface area contributed by atoms with Crippen LogP contribution in [0.15, 0.2) is 0 Å². The fourth-order valence-corrected chi connectivity index (χ4v) is 10.2. The number of amides is 1. The maximum Gasteiger partial charge on any atom is 0.234 e. The molecule has 3 aliphatic carbocycles. The molecule has 3 atom stereocenters. The third-order valence-corrected chi connectivity index (χ3v) is 10.4. The maximum absolute atomic E-state index is 13.1. The van der Waals surface area contributed by atoms with Crippen molar-refractivity contribution in [1.82, 2.24) is 4.98 Å². The minimum Gasteiger partial charge on any atom is -0.301 e. The second kappa shape index (κ2) is 5.27. The van der Waals surface area contributed by atoms with Crippen LogP contribution < -0.4 is 5.32 Å². The van der Waals surface area contributed by atoms with Crippen LogP contribution in [-0.4, -0.2) is 19.5 Å². The lowest BCUT2D eigenvalue weighted by molar-refractivity contribution is -0.155. The van der Waals surface area contributed by atoms with Gasteiger partial charge in [-0.3, -0.25) is 4.79 Å². The largest absolute Gasteiger partial charge is 0.301 e. The molecule has 4 rings (SSSR count). The molecule has 3 fully saturated rings.